The number of carboxylic acid groups (broad SMARTS) is 1. The van der Waals surface area contributed by atoms with E-state index in [4.69, 9.17) is 21.4 Å². The number of carbonyl (C=O) groups is 3. The maximum atomic E-state index is 14.9. The number of hydrogen-bond acceptors (Lipinski definition) is 6. The Balaban J connectivity index is 1.48. The molecule has 4 rings (SSSR count). The van der Waals surface area contributed by atoms with E-state index in [1.165, 1.54) is 36.4 Å². The van der Waals surface area contributed by atoms with Crippen molar-refractivity contribution < 1.29 is 33.4 Å². The Hall–Kier alpha value is -4.16. The fraction of sp³-hybridized carbons (Fsp3) is 0.217. The molecule has 1 aliphatic heterocycles. The molecular formula is C23H21ClFN5O6. The van der Waals surface area contributed by atoms with Gasteiger partial charge in [0.05, 0.1) is 23.7 Å². The number of carbonyl (C=O) groups excluding carboxylic acids is 2. The first-order chi connectivity index (χ1) is 17.2. The highest BCUT2D eigenvalue weighted by atomic mass is 35.5. The maximum absolute atomic E-state index is 14.9. The largest absolute Gasteiger partial charge is 0.512 e. The van der Waals surface area contributed by atoms with E-state index in [0.29, 0.717) is 10.7 Å². The minimum absolute atomic E-state index is 0.127. The molecule has 1 aliphatic rings. The molecule has 1 aromatic heterocycles. The van der Waals surface area contributed by atoms with Crippen LogP contribution in [0.2, 0.25) is 5.02 Å². The zero-order valence-corrected chi connectivity index (χ0v) is 19.6. The molecule has 2 heterocycles. The van der Waals surface area contributed by atoms with E-state index in [2.05, 4.69) is 20.5 Å². The molecule has 0 saturated carbocycles. The van der Waals surface area contributed by atoms with Crippen LogP contribution in [0.1, 0.15) is 6.42 Å². The molecule has 3 N–H and O–H groups in total. The van der Waals surface area contributed by atoms with Gasteiger partial charge in [-0.05, 0) is 36.4 Å². The number of hydrogen-bond donors (Lipinski definition) is 3. The van der Waals surface area contributed by atoms with Crippen LogP contribution in [-0.4, -0.2) is 63.7 Å². The van der Waals surface area contributed by atoms with E-state index in [-0.39, 0.29) is 36.3 Å². The lowest BCUT2D eigenvalue weighted by atomic mass is 10.1. The zero-order valence-electron chi connectivity index (χ0n) is 18.9. The third-order valence-electron chi connectivity index (χ3n) is 5.51. The van der Waals surface area contributed by atoms with Crippen molar-refractivity contribution in [3.8, 4) is 11.6 Å². The van der Waals surface area contributed by atoms with Gasteiger partial charge in [0.25, 0.3) is 0 Å². The van der Waals surface area contributed by atoms with Crippen LogP contribution in [0.25, 0.3) is 5.69 Å². The third-order valence-corrected chi connectivity index (χ3v) is 5.76. The van der Waals surface area contributed by atoms with Crippen molar-refractivity contribution in [2.75, 3.05) is 24.3 Å². The molecule has 11 nitrogen and oxygen atoms in total. The average molecular weight is 518 g/mol. The molecule has 0 radical (unpaired) electrons. The van der Waals surface area contributed by atoms with Crippen LogP contribution >= 0.6 is 11.6 Å². The summed E-state index contributed by atoms with van der Waals surface area (Å²) >= 11 is 5.88. The van der Waals surface area contributed by atoms with Crippen LogP contribution in [0.3, 0.4) is 0 Å². The van der Waals surface area contributed by atoms with Crippen molar-refractivity contribution in [1.29, 1.82) is 0 Å². The van der Waals surface area contributed by atoms with Crippen molar-refractivity contribution in [2.24, 2.45) is 0 Å². The summed E-state index contributed by atoms with van der Waals surface area (Å²) in [5.41, 5.74) is 0.544. The van der Waals surface area contributed by atoms with Gasteiger partial charge in [-0.2, -0.15) is 5.10 Å². The second-order valence-corrected chi connectivity index (χ2v) is 8.24. The lowest BCUT2D eigenvalue weighted by molar-refractivity contribution is -0.119. The molecule has 36 heavy (non-hydrogen) atoms. The molecule has 2 unspecified atom stereocenters. The zero-order chi connectivity index (χ0) is 25.8. The number of anilines is 2. The van der Waals surface area contributed by atoms with Gasteiger partial charge in [-0.3, -0.25) is 4.79 Å². The molecule has 0 spiro atoms. The van der Waals surface area contributed by atoms with Crippen molar-refractivity contribution in [3.63, 3.8) is 0 Å². The molecule has 13 heteroatoms. The summed E-state index contributed by atoms with van der Waals surface area (Å²) in [6.45, 7) is 0.168. The Kier molecular flexibility index (Phi) is 7.36. The van der Waals surface area contributed by atoms with Crippen LogP contribution in [-0.2, 0) is 9.53 Å². The minimum Gasteiger partial charge on any atom is -0.449 e. The van der Waals surface area contributed by atoms with Crippen molar-refractivity contribution >= 4 is 41.1 Å². The van der Waals surface area contributed by atoms with Gasteiger partial charge in [0, 0.05) is 42.9 Å². The first kappa shape index (κ1) is 24.9. The monoisotopic (exact) mass is 517 g/mol. The first-order valence-corrected chi connectivity index (χ1v) is 11.0. The Morgan fingerprint density at radius 2 is 1.89 bits per heavy atom. The molecular weight excluding hydrogens is 497 g/mol. The van der Waals surface area contributed by atoms with Crippen LogP contribution in [0.5, 0.6) is 5.88 Å². The summed E-state index contributed by atoms with van der Waals surface area (Å²) in [5.74, 6) is -1.52. The minimum atomic E-state index is -1.54. The summed E-state index contributed by atoms with van der Waals surface area (Å²) in [5, 5.41) is 18.5. The highest BCUT2D eigenvalue weighted by Gasteiger charge is 2.40. The van der Waals surface area contributed by atoms with Crippen LogP contribution < -0.4 is 15.4 Å². The molecule has 188 valence electrons. The topological polar surface area (TPSA) is 135 Å². The Morgan fingerprint density at radius 1 is 1.14 bits per heavy atom. The second kappa shape index (κ2) is 10.6. The first-order valence-electron chi connectivity index (χ1n) is 10.7. The van der Waals surface area contributed by atoms with Gasteiger partial charge >= 0.3 is 12.2 Å². The molecule has 1 saturated heterocycles. The van der Waals surface area contributed by atoms with Crippen molar-refractivity contribution in [1.82, 2.24) is 14.7 Å². The van der Waals surface area contributed by atoms with Crippen molar-refractivity contribution in [3.05, 3.63) is 65.6 Å². The fourth-order valence-corrected chi connectivity index (χ4v) is 3.90. The number of rotatable bonds is 6. The van der Waals surface area contributed by atoms with Crippen LogP contribution in [0.4, 0.5) is 25.4 Å². The fourth-order valence-electron chi connectivity index (χ4n) is 3.77. The highest BCUT2D eigenvalue weighted by Crippen LogP contribution is 2.26. The number of nitrogens with one attached hydrogen (secondary N) is 2. The molecule has 3 amide bonds. The van der Waals surface area contributed by atoms with Gasteiger partial charge in [0.1, 0.15) is 11.9 Å². The van der Waals surface area contributed by atoms with Gasteiger partial charge in [0.15, 0.2) is 0 Å². The standard InChI is InChI=1S/C23H21ClFN5O6/c1-35-16-11-19(29(12-16)22(32)27-14-4-2-13(24)3-5-14)21(31)28-18-7-6-15(10-17(18)25)30-20(8-9-26-30)36-23(33)34/h2-10,16,19H,11-12H2,1H3,(H,27,32)(H,28,31)(H,33,34). The normalized spacial score (nSPS) is 17.0. The summed E-state index contributed by atoms with van der Waals surface area (Å²) in [4.78, 5) is 38.1. The summed E-state index contributed by atoms with van der Waals surface area (Å²) < 4.78 is 25.9. The highest BCUT2D eigenvalue weighted by molar-refractivity contribution is 6.30. The Bertz CT molecular complexity index is 1280. The van der Waals surface area contributed by atoms with E-state index in [9.17, 15) is 18.8 Å². The number of urea groups is 1. The molecule has 2 atom stereocenters. The number of aromatic nitrogens is 2. The third kappa shape index (κ3) is 5.56. The number of ether oxygens (including phenoxy) is 2. The Labute approximate surface area is 209 Å². The molecule has 3 aromatic rings. The average Bonchev–Trinajstić information content (AvgIpc) is 3.48. The molecule has 2 aromatic carbocycles. The van der Waals surface area contributed by atoms with Crippen molar-refractivity contribution in [2.45, 2.75) is 18.6 Å². The Morgan fingerprint density at radius 3 is 2.56 bits per heavy atom. The SMILES string of the molecule is COC1CC(C(=O)Nc2ccc(-n3nccc3OC(=O)O)cc2F)N(C(=O)Nc2ccc(Cl)cc2)C1. The van der Waals surface area contributed by atoms with E-state index in [1.807, 2.05) is 0 Å². The van der Waals surface area contributed by atoms with Gasteiger partial charge in [0.2, 0.25) is 11.8 Å². The van der Waals surface area contributed by atoms with Crippen LogP contribution in [0.15, 0.2) is 54.7 Å². The van der Waals surface area contributed by atoms with Gasteiger partial charge in [-0.15, -0.1) is 0 Å². The van der Waals surface area contributed by atoms with E-state index < -0.39 is 30.0 Å². The van der Waals surface area contributed by atoms with Gasteiger partial charge in [-0.1, -0.05) is 11.6 Å². The number of benzene rings is 2. The second-order valence-electron chi connectivity index (χ2n) is 7.80. The quantitative estimate of drug-likeness (QED) is 0.421. The van der Waals surface area contributed by atoms with Gasteiger partial charge < -0.3 is 30.1 Å². The van der Waals surface area contributed by atoms with E-state index >= 15 is 0 Å². The summed E-state index contributed by atoms with van der Waals surface area (Å²) in [6.07, 6.45) is -0.408. The summed E-state index contributed by atoms with van der Waals surface area (Å²) in [7, 11) is 1.48. The number of likely N-dealkylation sites (tertiary alicyclic amines) is 1. The number of nitrogens with zero attached hydrogens (tertiary/aromatic N) is 3. The predicted molar refractivity (Wildman–Crippen MR) is 127 cm³/mol. The molecule has 0 aliphatic carbocycles. The van der Waals surface area contributed by atoms with Gasteiger partial charge in [-0.25, -0.2) is 18.7 Å². The number of halogens is 2. The van der Waals surface area contributed by atoms with E-state index in [1.54, 1.807) is 24.3 Å². The lowest BCUT2D eigenvalue weighted by Gasteiger charge is -2.24. The predicted octanol–water partition coefficient (Wildman–Crippen LogP) is 3.98. The number of amides is 3. The lowest BCUT2D eigenvalue weighted by Crippen LogP contribution is -2.45. The maximum Gasteiger partial charge on any atom is 0.512 e. The molecule has 0 bridgehead atoms. The smallest absolute Gasteiger partial charge is 0.449 e. The summed E-state index contributed by atoms with van der Waals surface area (Å²) in [6, 6.07) is 10.2. The number of methoxy groups -OCH3 is 1. The van der Waals surface area contributed by atoms with Crippen LogP contribution in [0, 0.1) is 5.82 Å². The van der Waals surface area contributed by atoms with E-state index in [0.717, 1.165) is 10.7 Å². The molecule has 1 fully saturated rings.